The maximum absolute atomic E-state index is 14.4. The second kappa shape index (κ2) is 13.3. The van der Waals surface area contributed by atoms with E-state index in [1.54, 1.807) is 11.1 Å². The van der Waals surface area contributed by atoms with Crippen molar-refractivity contribution in [3.05, 3.63) is 92.3 Å². The molecule has 0 aliphatic rings. The van der Waals surface area contributed by atoms with E-state index in [0.29, 0.717) is 22.2 Å². The molecule has 21 heteroatoms. The van der Waals surface area contributed by atoms with E-state index in [1.807, 2.05) is 0 Å². The maximum Gasteiger partial charge on any atom is 0.435 e. The molecule has 50 heavy (non-hydrogen) atoms. The van der Waals surface area contributed by atoms with Crippen LogP contribution in [-0.4, -0.2) is 70.4 Å². The molecule has 0 saturated heterocycles. The molecule has 0 spiro atoms. The second-order valence-corrected chi connectivity index (χ2v) is 11.9. The van der Waals surface area contributed by atoms with Crippen molar-refractivity contribution in [2.24, 2.45) is 0 Å². The summed E-state index contributed by atoms with van der Waals surface area (Å²) >= 11 is 0. The molecule has 0 aliphatic heterocycles. The first-order valence-corrected chi connectivity index (χ1v) is 15.5. The van der Waals surface area contributed by atoms with Crippen LogP contribution in [0.4, 0.5) is 30.5 Å². The molecule has 0 fully saturated rings. The predicted octanol–water partition coefficient (Wildman–Crippen LogP) is 2.87. The van der Waals surface area contributed by atoms with Crippen LogP contribution in [0.5, 0.6) is 17.4 Å². The van der Waals surface area contributed by atoms with E-state index in [-0.39, 0.29) is 27.5 Å². The molecule has 0 radical (unpaired) electrons. The maximum atomic E-state index is 14.4. The number of anilines is 3. The summed E-state index contributed by atoms with van der Waals surface area (Å²) in [5.41, 5.74) is -5.37. The Kier molecular flexibility index (Phi) is 9.35. The SMILES string of the molecule is COc1cc(Nc2ncc(N(C(=O)c3cccnc3OC)S(=O)(=O)c3c(C)[nH]c(=O)[nH]c3=O)c(-n3nc(C(F)(F)F)cc3C)n2)cc(OC)c1. The zero-order chi connectivity index (χ0) is 36.5. The van der Waals surface area contributed by atoms with Crippen molar-refractivity contribution in [3.8, 4) is 23.2 Å². The second-order valence-electron chi connectivity index (χ2n) is 10.2. The quantitative estimate of drug-likeness (QED) is 0.190. The number of carbonyl (C=O) groups excluding carboxylic acids is 1. The summed E-state index contributed by atoms with van der Waals surface area (Å²) in [5.74, 6) is -1.99. The number of ether oxygens (including phenoxy) is 3. The molecule has 3 N–H and O–H groups in total. The first-order chi connectivity index (χ1) is 23.6. The van der Waals surface area contributed by atoms with Gasteiger partial charge >= 0.3 is 11.9 Å². The Hall–Kier alpha value is -6.25. The van der Waals surface area contributed by atoms with Crippen LogP contribution in [0.1, 0.15) is 27.4 Å². The van der Waals surface area contributed by atoms with Crippen LogP contribution in [0.15, 0.2) is 63.3 Å². The molecule has 0 atom stereocenters. The molecule has 262 valence electrons. The average Bonchev–Trinajstić information content (AvgIpc) is 3.46. The fourth-order valence-electron chi connectivity index (χ4n) is 4.73. The van der Waals surface area contributed by atoms with Gasteiger partial charge < -0.3 is 24.5 Å². The Morgan fingerprint density at radius 3 is 2.24 bits per heavy atom. The van der Waals surface area contributed by atoms with Crippen LogP contribution < -0.4 is 35.1 Å². The molecule has 1 aromatic carbocycles. The van der Waals surface area contributed by atoms with Crippen molar-refractivity contribution < 1.29 is 40.6 Å². The van der Waals surface area contributed by atoms with Gasteiger partial charge in [0.25, 0.3) is 21.5 Å². The minimum absolute atomic E-state index is 0.0878. The smallest absolute Gasteiger partial charge is 0.435 e. The number of benzene rings is 1. The van der Waals surface area contributed by atoms with E-state index in [9.17, 15) is 36.0 Å². The summed E-state index contributed by atoms with van der Waals surface area (Å²) < 4.78 is 86.8. The number of hydrogen-bond acceptors (Lipinski definition) is 13. The van der Waals surface area contributed by atoms with Crippen molar-refractivity contribution in [1.82, 2.24) is 34.7 Å². The zero-order valence-electron chi connectivity index (χ0n) is 26.6. The number of aromatic nitrogens is 7. The van der Waals surface area contributed by atoms with Gasteiger partial charge in [0.15, 0.2) is 16.4 Å². The summed E-state index contributed by atoms with van der Waals surface area (Å²) in [6.45, 7) is 2.33. The lowest BCUT2D eigenvalue weighted by Crippen LogP contribution is -2.42. The monoisotopic (exact) mass is 717 g/mol. The van der Waals surface area contributed by atoms with E-state index < -0.39 is 66.7 Å². The normalized spacial score (nSPS) is 11.6. The fraction of sp³-hybridized carbons (Fsp3) is 0.207. The lowest BCUT2D eigenvalue weighted by Gasteiger charge is -2.25. The van der Waals surface area contributed by atoms with E-state index in [0.717, 1.165) is 26.3 Å². The molecule has 5 rings (SSSR count). The number of aryl methyl sites for hydroxylation is 2. The number of nitrogens with zero attached hydrogens (tertiary/aromatic N) is 6. The van der Waals surface area contributed by atoms with Gasteiger partial charge in [0.05, 0.1) is 27.5 Å². The third-order valence-corrected chi connectivity index (χ3v) is 8.76. The Morgan fingerprint density at radius 2 is 1.66 bits per heavy atom. The first-order valence-electron chi connectivity index (χ1n) is 14.0. The molecule has 0 bridgehead atoms. The third-order valence-electron chi connectivity index (χ3n) is 6.91. The lowest BCUT2D eigenvalue weighted by molar-refractivity contribution is -0.141. The van der Waals surface area contributed by atoms with Gasteiger partial charge in [-0.05, 0) is 32.0 Å². The molecular formula is C29H26F3N9O8S. The molecule has 0 unspecified atom stereocenters. The van der Waals surface area contributed by atoms with Crippen molar-refractivity contribution in [2.45, 2.75) is 24.9 Å². The summed E-state index contributed by atoms with van der Waals surface area (Å²) in [6, 6.07) is 7.72. The van der Waals surface area contributed by atoms with E-state index in [4.69, 9.17) is 14.2 Å². The standard InChI is InChI=1S/C29H26F3N9O8S/c1-14-9-21(29(30,31)32)39-40(14)23-20(13-34-27(37-23)36-16-10-17(47-3)12-18(11-16)48-4)41(26(43)19-7-6-8-33-25(19)49-5)50(45,46)22-15(2)35-28(44)38-24(22)42/h6-13H,1-5H3,(H,34,36,37)(H2,35,38,42,44). The fourth-order valence-corrected chi connectivity index (χ4v) is 6.34. The third kappa shape index (κ3) is 6.70. The number of sulfonamides is 1. The topological polar surface area (TPSA) is 216 Å². The van der Waals surface area contributed by atoms with Crippen LogP contribution in [0, 0.1) is 13.8 Å². The summed E-state index contributed by atoms with van der Waals surface area (Å²) in [4.78, 5) is 54.5. The summed E-state index contributed by atoms with van der Waals surface area (Å²) in [6.07, 6.45) is -2.87. The average molecular weight is 718 g/mol. The highest BCUT2D eigenvalue weighted by Gasteiger charge is 2.40. The highest BCUT2D eigenvalue weighted by molar-refractivity contribution is 7.93. The van der Waals surface area contributed by atoms with Crippen LogP contribution >= 0.6 is 0 Å². The minimum atomic E-state index is -5.37. The lowest BCUT2D eigenvalue weighted by atomic mass is 10.2. The molecule has 0 saturated carbocycles. The van der Waals surface area contributed by atoms with Crippen molar-refractivity contribution in [3.63, 3.8) is 0 Å². The molecule has 4 aromatic heterocycles. The van der Waals surface area contributed by atoms with Gasteiger partial charge in [0.1, 0.15) is 22.7 Å². The van der Waals surface area contributed by atoms with Crippen molar-refractivity contribution in [1.29, 1.82) is 0 Å². The Bertz CT molecular complexity index is 2320. The number of halogens is 3. The summed E-state index contributed by atoms with van der Waals surface area (Å²) in [5, 5.41) is 6.45. The van der Waals surface area contributed by atoms with E-state index in [1.165, 1.54) is 45.5 Å². The highest BCUT2D eigenvalue weighted by atomic mass is 32.2. The highest BCUT2D eigenvalue weighted by Crippen LogP contribution is 2.35. The van der Waals surface area contributed by atoms with Gasteiger partial charge in [-0.2, -0.15) is 27.6 Å². The minimum Gasteiger partial charge on any atom is -0.497 e. The van der Waals surface area contributed by atoms with Gasteiger partial charge in [0.2, 0.25) is 11.8 Å². The number of H-pyrrole nitrogens is 2. The van der Waals surface area contributed by atoms with Crippen LogP contribution in [0.2, 0.25) is 0 Å². The largest absolute Gasteiger partial charge is 0.497 e. The van der Waals surface area contributed by atoms with Crippen LogP contribution in [-0.2, 0) is 16.2 Å². The molecule has 1 amide bonds. The zero-order valence-corrected chi connectivity index (χ0v) is 27.4. The number of nitrogens with one attached hydrogen (secondary N) is 3. The number of alkyl halides is 3. The number of carbonyl (C=O) groups is 1. The van der Waals surface area contributed by atoms with Gasteiger partial charge in [-0.15, -0.1) is 0 Å². The van der Waals surface area contributed by atoms with Gasteiger partial charge in [-0.1, -0.05) is 0 Å². The Morgan fingerprint density at radius 1 is 0.980 bits per heavy atom. The number of rotatable bonds is 10. The number of methoxy groups -OCH3 is 3. The summed E-state index contributed by atoms with van der Waals surface area (Å²) in [7, 11) is -1.41. The van der Waals surface area contributed by atoms with Crippen LogP contribution in [0.3, 0.4) is 0 Å². The van der Waals surface area contributed by atoms with Crippen molar-refractivity contribution >= 4 is 33.3 Å². The van der Waals surface area contributed by atoms with Crippen molar-refractivity contribution in [2.75, 3.05) is 31.0 Å². The number of aromatic amines is 2. The first kappa shape index (κ1) is 35.1. The molecule has 0 aliphatic carbocycles. The number of hydrogen-bond donors (Lipinski definition) is 3. The number of pyridine rings is 1. The predicted molar refractivity (Wildman–Crippen MR) is 169 cm³/mol. The molecular weight excluding hydrogens is 691 g/mol. The molecule has 4 heterocycles. The van der Waals surface area contributed by atoms with Gasteiger partial charge in [0, 0.05) is 41.5 Å². The van der Waals surface area contributed by atoms with E-state index in [2.05, 4.69) is 30.4 Å². The van der Waals surface area contributed by atoms with Crippen LogP contribution in [0.25, 0.3) is 5.82 Å². The number of amides is 1. The molecule has 17 nitrogen and oxygen atoms in total. The Labute approximate surface area is 279 Å². The van der Waals surface area contributed by atoms with Gasteiger partial charge in [-0.25, -0.2) is 27.9 Å². The Balaban J connectivity index is 1.83. The van der Waals surface area contributed by atoms with Gasteiger partial charge in [-0.3, -0.25) is 14.6 Å². The van der Waals surface area contributed by atoms with E-state index >= 15 is 0 Å². The molecule has 5 aromatic rings.